The van der Waals surface area contributed by atoms with Gasteiger partial charge in [0.25, 0.3) is 5.91 Å². The second-order valence-corrected chi connectivity index (χ2v) is 6.52. The molecule has 138 valence electrons. The lowest BCUT2D eigenvalue weighted by atomic mass is 9.94. The number of rotatable bonds is 3. The van der Waals surface area contributed by atoms with Crippen molar-refractivity contribution in [2.45, 2.75) is 25.3 Å². The number of halogens is 1. The number of piperidine rings is 1. The first-order valence-corrected chi connectivity index (χ1v) is 8.76. The van der Waals surface area contributed by atoms with E-state index >= 15 is 0 Å². The van der Waals surface area contributed by atoms with Gasteiger partial charge in [0.15, 0.2) is 0 Å². The molecule has 7 nitrogen and oxygen atoms in total. The molecule has 4 rings (SSSR count). The van der Waals surface area contributed by atoms with Gasteiger partial charge in [-0.2, -0.15) is 0 Å². The number of tetrazole rings is 1. The number of hydrogen-bond acceptors (Lipinski definition) is 5. The van der Waals surface area contributed by atoms with Crippen molar-refractivity contribution >= 4 is 5.91 Å². The van der Waals surface area contributed by atoms with E-state index < -0.39 is 0 Å². The predicted molar refractivity (Wildman–Crippen MR) is 94.8 cm³/mol. The smallest absolute Gasteiger partial charge is 0.258 e. The fourth-order valence-electron chi connectivity index (χ4n) is 3.48. The normalized spacial score (nSPS) is 17.1. The minimum Gasteiger partial charge on any atom is -0.507 e. The lowest BCUT2D eigenvalue weighted by Gasteiger charge is -2.36. The summed E-state index contributed by atoms with van der Waals surface area (Å²) in [5.74, 6) is -0.676. The molecule has 1 aromatic heterocycles. The van der Waals surface area contributed by atoms with Crippen LogP contribution in [0.3, 0.4) is 0 Å². The van der Waals surface area contributed by atoms with Gasteiger partial charge < -0.3 is 10.0 Å². The third kappa shape index (κ3) is 3.38. The first-order valence-electron chi connectivity index (χ1n) is 8.76. The number of hydrogen-bond donors (Lipinski definition) is 1. The van der Waals surface area contributed by atoms with Crippen molar-refractivity contribution in [3.05, 3.63) is 65.7 Å². The summed E-state index contributed by atoms with van der Waals surface area (Å²) in [4.78, 5) is 14.9. The summed E-state index contributed by atoms with van der Waals surface area (Å²) in [5.41, 5.74) is 1.68. The highest BCUT2D eigenvalue weighted by molar-refractivity contribution is 5.97. The summed E-state index contributed by atoms with van der Waals surface area (Å²) in [7, 11) is 0. The van der Waals surface area contributed by atoms with E-state index in [2.05, 4.69) is 15.5 Å². The van der Waals surface area contributed by atoms with Crippen LogP contribution in [0.25, 0.3) is 5.69 Å². The number of aromatic nitrogens is 4. The van der Waals surface area contributed by atoms with Gasteiger partial charge in [-0.05, 0) is 59.5 Å². The molecule has 0 aliphatic carbocycles. The Morgan fingerprint density at radius 2 is 1.96 bits per heavy atom. The monoisotopic (exact) mass is 367 g/mol. The molecule has 1 aliphatic heterocycles. The van der Waals surface area contributed by atoms with E-state index in [0.29, 0.717) is 12.2 Å². The van der Waals surface area contributed by atoms with Gasteiger partial charge in [0.05, 0.1) is 17.3 Å². The Bertz CT molecular complexity index is 943. The summed E-state index contributed by atoms with van der Waals surface area (Å²) in [5, 5.41) is 21.3. The average Bonchev–Trinajstić information content (AvgIpc) is 3.23. The predicted octanol–water partition coefficient (Wildman–Crippen LogP) is 2.87. The molecular weight excluding hydrogens is 349 g/mol. The highest BCUT2D eigenvalue weighted by atomic mass is 19.1. The Labute approximate surface area is 155 Å². The van der Waals surface area contributed by atoms with Gasteiger partial charge in [-0.1, -0.05) is 12.1 Å². The van der Waals surface area contributed by atoms with E-state index in [1.807, 2.05) is 0 Å². The number of benzene rings is 2. The Hall–Kier alpha value is -3.29. The van der Waals surface area contributed by atoms with E-state index in [9.17, 15) is 14.3 Å². The molecule has 1 amide bonds. The van der Waals surface area contributed by atoms with E-state index in [1.165, 1.54) is 29.2 Å². The van der Waals surface area contributed by atoms with Crippen molar-refractivity contribution in [1.29, 1.82) is 0 Å². The van der Waals surface area contributed by atoms with Crippen molar-refractivity contribution in [1.82, 2.24) is 25.1 Å². The topological polar surface area (TPSA) is 84.1 Å². The van der Waals surface area contributed by atoms with Crippen LogP contribution < -0.4 is 0 Å². The second-order valence-electron chi connectivity index (χ2n) is 6.52. The molecule has 0 unspecified atom stereocenters. The van der Waals surface area contributed by atoms with Crippen LogP contribution in [-0.4, -0.2) is 42.7 Å². The molecular formula is C19H18FN5O2. The largest absolute Gasteiger partial charge is 0.507 e. The fourth-order valence-corrected chi connectivity index (χ4v) is 3.48. The summed E-state index contributed by atoms with van der Waals surface area (Å²) in [6.07, 6.45) is 4.11. The average molecular weight is 367 g/mol. The maximum Gasteiger partial charge on any atom is 0.258 e. The molecule has 1 fully saturated rings. The van der Waals surface area contributed by atoms with E-state index in [4.69, 9.17) is 0 Å². The van der Waals surface area contributed by atoms with Crippen LogP contribution in [-0.2, 0) is 0 Å². The number of likely N-dealkylation sites (tertiary alicyclic amines) is 1. The SMILES string of the molecule is O=C(c1ccc(-n2cnnn2)cc1O)N1CCCC[C@@H]1c1ccc(F)cc1. The number of nitrogens with zero attached hydrogens (tertiary/aromatic N) is 5. The quantitative estimate of drug-likeness (QED) is 0.769. The van der Waals surface area contributed by atoms with Crippen molar-refractivity contribution in [3.63, 3.8) is 0 Å². The van der Waals surface area contributed by atoms with E-state index in [0.717, 1.165) is 24.8 Å². The van der Waals surface area contributed by atoms with Crippen LogP contribution in [0.2, 0.25) is 0 Å². The zero-order valence-electron chi connectivity index (χ0n) is 14.5. The summed E-state index contributed by atoms with van der Waals surface area (Å²) in [6.45, 7) is 0.592. The van der Waals surface area contributed by atoms with Crippen LogP contribution in [0.1, 0.15) is 41.2 Å². The molecule has 0 bridgehead atoms. The Morgan fingerprint density at radius 1 is 1.15 bits per heavy atom. The molecule has 27 heavy (non-hydrogen) atoms. The summed E-state index contributed by atoms with van der Waals surface area (Å²) in [6, 6.07) is 10.8. The summed E-state index contributed by atoms with van der Waals surface area (Å²) >= 11 is 0. The molecule has 0 saturated carbocycles. The molecule has 1 N–H and O–H groups in total. The molecule has 0 spiro atoms. The number of aromatic hydroxyl groups is 1. The van der Waals surface area contributed by atoms with E-state index in [1.54, 1.807) is 29.2 Å². The minimum atomic E-state index is -0.303. The van der Waals surface area contributed by atoms with Gasteiger partial charge in [-0.3, -0.25) is 4.79 Å². The zero-order valence-corrected chi connectivity index (χ0v) is 14.5. The van der Waals surface area contributed by atoms with Crippen molar-refractivity contribution in [3.8, 4) is 11.4 Å². The van der Waals surface area contributed by atoms with Crippen LogP contribution >= 0.6 is 0 Å². The Balaban J connectivity index is 1.63. The highest BCUT2D eigenvalue weighted by Crippen LogP contribution is 2.34. The molecule has 2 aromatic carbocycles. The highest BCUT2D eigenvalue weighted by Gasteiger charge is 2.30. The fraction of sp³-hybridized carbons (Fsp3) is 0.263. The van der Waals surface area contributed by atoms with Gasteiger partial charge in [-0.25, -0.2) is 9.07 Å². The third-order valence-electron chi connectivity index (χ3n) is 4.84. The maximum atomic E-state index is 13.3. The number of carbonyl (C=O) groups is 1. The van der Waals surface area contributed by atoms with Gasteiger partial charge in [0.2, 0.25) is 0 Å². The minimum absolute atomic E-state index is 0.128. The first kappa shape index (κ1) is 17.1. The number of phenolic OH excluding ortho intramolecular Hbond substituents is 1. The molecule has 2 heterocycles. The molecule has 1 saturated heterocycles. The molecule has 1 aliphatic rings. The number of phenols is 1. The zero-order chi connectivity index (χ0) is 18.8. The number of carbonyl (C=O) groups excluding carboxylic acids is 1. The van der Waals surface area contributed by atoms with Crippen LogP contribution in [0, 0.1) is 5.82 Å². The Kier molecular flexibility index (Phi) is 4.53. The van der Waals surface area contributed by atoms with Gasteiger partial charge in [0, 0.05) is 12.6 Å². The van der Waals surface area contributed by atoms with Gasteiger partial charge in [-0.15, -0.1) is 5.10 Å². The lowest BCUT2D eigenvalue weighted by Crippen LogP contribution is -2.38. The summed E-state index contributed by atoms with van der Waals surface area (Å²) < 4.78 is 14.7. The van der Waals surface area contributed by atoms with Crippen molar-refractivity contribution in [2.75, 3.05) is 6.54 Å². The first-order chi connectivity index (χ1) is 13.1. The molecule has 3 aromatic rings. The molecule has 1 atom stereocenters. The van der Waals surface area contributed by atoms with Crippen molar-refractivity contribution in [2.24, 2.45) is 0 Å². The van der Waals surface area contributed by atoms with Crippen LogP contribution in [0.4, 0.5) is 4.39 Å². The third-order valence-corrected chi connectivity index (χ3v) is 4.84. The standard InChI is InChI=1S/C19H18FN5O2/c20-14-6-4-13(5-7-14)17-3-1-2-10-24(17)19(27)16-9-8-15(11-18(16)26)25-12-21-22-23-25/h4-9,11-12,17,26H,1-3,10H2/t17-/m1/s1. The van der Waals surface area contributed by atoms with Gasteiger partial charge >= 0.3 is 0 Å². The molecule has 8 heteroatoms. The number of amides is 1. The molecule has 0 radical (unpaired) electrons. The van der Waals surface area contributed by atoms with E-state index in [-0.39, 0.29) is 29.1 Å². The van der Waals surface area contributed by atoms with Gasteiger partial charge in [0.1, 0.15) is 17.9 Å². The van der Waals surface area contributed by atoms with Crippen LogP contribution in [0.5, 0.6) is 5.75 Å². The Morgan fingerprint density at radius 3 is 2.67 bits per heavy atom. The van der Waals surface area contributed by atoms with Crippen LogP contribution in [0.15, 0.2) is 48.8 Å². The maximum absolute atomic E-state index is 13.3. The lowest BCUT2D eigenvalue weighted by molar-refractivity contribution is 0.0608. The van der Waals surface area contributed by atoms with Crippen molar-refractivity contribution < 1.29 is 14.3 Å². The second kappa shape index (κ2) is 7.14.